The summed E-state index contributed by atoms with van der Waals surface area (Å²) in [4.78, 5) is 14.5. The number of aryl methyl sites for hydroxylation is 2. The Bertz CT molecular complexity index is 1030. The molecule has 1 saturated heterocycles. The maximum Gasteiger partial charge on any atom is 0.256 e. The van der Waals surface area contributed by atoms with Crippen LogP contribution in [-0.4, -0.2) is 38.9 Å². The van der Waals surface area contributed by atoms with E-state index in [9.17, 15) is 17.6 Å². The second-order valence-corrected chi connectivity index (χ2v) is 9.97. The molecule has 2 aromatic rings. The van der Waals surface area contributed by atoms with Crippen LogP contribution in [0.5, 0.6) is 0 Å². The summed E-state index contributed by atoms with van der Waals surface area (Å²) < 4.78 is 42.1. The number of nitrogens with zero attached hydrogens (tertiary/aromatic N) is 1. The van der Waals surface area contributed by atoms with Gasteiger partial charge >= 0.3 is 0 Å². The number of piperidine rings is 1. The number of carbonyl (C=O) groups excluding carboxylic acids is 1. The van der Waals surface area contributed by atoms with Crippen LogP contribution in [0.2, 0.25) is 0 Å². The van der Waals surface area contributed by atoms with Crippen LogP contribution in [0.3, 0.4) is 0 Å². The van der Waals surface area contributed by atoms with Crippen LogP contribution in [0, 0.1) is 11.7 Å². The molecule has 0 spiro atoms. The van der Waals surface area contributed by atoms with E-state index in [0.29, 0.717) is 37.4 Å². The van der Waals surface area contributed by atoms with Gasteiger partial charge in [0.2, 0.25) is 10.0 Å². The van der Waals surface area contributed by atoms with Crippen molar-refractivity contribution >= 4 is 15.9 Å². The summed E-state index contributed by atoms with van der Waals surface area (Å²) >= 11 is 0. The third-order valence-corrected chi connectivity index (χ3v) is 7.62. The second-order valence-electron chi connectivity index (χ2n) is 8.20. The average molecular weight is 431 g/mol. The number of nitrogens with one attached hydrogen (secondary N) is 1. The van der Waals surface area contributed by atoms with Gasteiger partial charge in [-0.1, -0.05) is 18.2 Å². The zero-order valence-electron chi connectivity index (χ0n) is 16.9. The van der Waals surface area contributed by atoms with Crippen molar-refractivity contribution in [2.45, 2.75) is 43.4 Å². The third-order valence-electron chi connectivity index (χ3n) is 6.20. The van der Waals surface area contributed by atoms with Gasteiger partial charge in [-0.05, 0) is 79.8 Å². The molecule has 1 amide bonds. The summed E-state index contributed by atoms with van der Waals surface area (Å²) in [6, 6.07) is 11.4. The number of likely N-dealkylation sites (tertiary alicyclic amines) is 1. The Kier molecular flexibility index (Phi) is 6.20. The van der Waals surface area contributed by atoms with Crippen LogP contribution >= 0.6 is 0 Å². The molecule has 2 aromatic carbocycles. The number of hydrogen-bond acceptors (Lipinski definition) is 3. The Morgan fingerprint density at radius 1 is 1.03 bits per heavy atom. The number of sulfonamides is 1. The molecule has 1 fully saturated rings. The zero-order chi connectivity index (χ0) is 21.1. The van der Waals surface area contributed by atoms with Gasteiger partial charge in [0.15, 0.2) is 0 Å². The predicted molar refractivity (Wildman–Crippen MR) is 113 cm³/mol. The van der Waals surface area contributed by atoms with Crippen LogP contribution in [0.4, 0.5) is 4.39 Å². The van der Waals surface area contributed by atoms with Crippen LogP contribution in [-0.2, 0) is 22.9 Å². The van der Waals surface area contributed by atoms with Crippen molar-refractivity contribution in [1.82, 2.24) is 9.62 Å². The van der Waals surface area contributed by atoms with E-state index in [0.717, 1.165) is 31.2 Å². The van der Waals surface area contributed by atoms with Gasteiger partial charge in [-0.15, -0.1) is 0 Å². The van der Waals surface area contributed by atoms with Gasteiger partial charge in [-0.25, -0.2) is 17.5 Å². The second kappa shape index (κ2) is 8.86. The molecule has 1 aliphatic carbocycles. The first-order valence-electron chi connectivity index (χ1n) is 10.6. The van der Waals surface area contributed by atoms with Crippen LogP contribution in [0.1, 0.15) is 47.2 Å². The Labute approximate surface area is 177 Å². The molecule has 5 nitrogen and oxygen atoms in total. The lowest BCUT2D eigenvalue weighted by Crippen LogP contribution is -2.41. The molecule has 1 N–H and O–H groups in total. The highest BCUT2D eigenvalue weighted by molar-refractivity contribution is 7.89. The Balaban J connectivity index is 1.32. The van der Waals surface area contributed by atoms with Crippen molar-refractivity contribution < 1.29 is 17.6 Å². The van der Waals surface area contributed by atoms with Crippen LogP contribution in [0.15, 0.2) is 47.4 Å². The quantitative estimate of drug-likeness (QED) is 0.789. The summed E-state index contributed by atoms with van der Waals surface area (Å²) in [5.74, 6) is -0.661. The minimum atomic E-state index is -3.55. The number of fused-ring (bicyclic) bond motifs is 1. The standard InChI is InChI=1S/C23H27FN2O3S/c24-22-8-4-3-7-21(22)23(27)26-13-11-17(12-14-26)16-25-30(28,29)20-10-9-18-5-1-2-6-19(18)15-20/h3-4,7-10,15,17,25H,1-2,5-6,11-14,16H2. The van der Waals surface area contributed by atoms with Crippen molar-refractivity contribution in [2.24, 2.45) is 5.92 Å². The van der Waals surface area contributed by atoms with Gasteiger partial charge in [0, 0.05) is 19.6 Å². The fraction of sp³-hybridized carbons (Fsp3) is 0.435. The minimum absolute atomic E-state index is 0.0871. The summed E-state index contributed by atoms with van der Waals surface area (Å²) in [5, 5.41) is 0. The normalized spacial score (nSPS) is 17.6. The number of benzene rings is 2. The highest BCUT2D eigenvalue weighted by Gasteiger charge is 2.26. The third kappa shape index (κ3) is 4.57. The molecular weight excluding hydrogens is 403 g/mol. The van der Waals surface area contributed by atoms with Crippen molar-refractivity contribution in [3.8, 4) is 0 Å². The molecule has 1 aliphatic heterocycles. The highest BCUT2D eigenvalue weighted by atomic mass is 32.2. The van der Waals surface area contributed by atoms with E-state index in [1.807, 2.05) is 12.1 Å². The summed E-state index contributed by atoms with van der Waals surface area (Å²) in [6.07, 6.45) is 5.60. The minimum Gasteiger partial charge on any atom is -0.339 e. The Morgan fingerprint density at radius 2 is 1.73 bits per heavy atom. The van der Waals surface area contributed by atoms with Crippen LogP contribution in [0.25, 0.3) is 0 Å². The summed E-state index contributed by atoms with van der Waals surface area (Å²) in [7, 11) is -3.55. The summed E-state index contributed by atoms with van der Waals surface area (Å²) in [5.41, 5.74) is 2.49. The number of rotatable bonds is 5. The molecule has 0 atom stereocenters. The number of hydrogen-bond donors (Lipinski definition) is 1. The molecule has 0 unspecified atom stereocenters. The first kappa shape index (κ1) is 21.0. The highest BCUT2D eigenvalue weighted by Crippen LogP contribution is 2.25. The van der Waals surface area contributed by atoms with Gasteiger partial charge in [0.05, 0.1) is 10.5 Å². The Hall–Kier alpha value is -2.25. The maximum absolute atomic E-state index is 13.9. The van der Waals surface area contributed by atoms with Gasteiger partial charge in [0.1, 0.15) is 5.82 Å². The van der Waals surface area contributed by atoms with E-state index in [1.165, 1.54) is 17.7 Å². The topological polar surface area (TPSA) is 66.5 Å². The number of carbonyl (C=O) groups is 1. The van der Waals surface area contributed by atoms with Crippen molar-refractivity contribution in [2.75, 3.05) is 19.6 Å². The van der Waals surface area contributed by atoms with Gasteiger partial charge in [0.25, 0.3) is 5.91 Å². The Morgan fingerprint density at radius 3 is 2.47 bits per heavy atom. The molecule has 1 heterocycles. The molecular formula is C23H27FN2O3S. The molecule has 2 aliphatic rings. The zero-order valence-corrected chi connectivity index (χ0v) is 17.8. The summed E-state index contributed by atoms with van der Waals surface area (Å²) in [6.45, 7) is 1.35. The molecule has 7 heteroatoms. The van der Waals surface area contributed by atoms with E-state index in [4.69, 9.17) is 0 Å². The first-order valence-corrected chi connectivity index (χ1v) is 12.1. The fourth-order valence-corrected chi connectivity index (χ4v) is 5.50. The smallest absolute Gasteiger partial charge is 0.256 e. The molecule has 0 saturated carbocycles. The van der Waals surface area contributed by atoms with E-state index in [1.54, 1.807) is 23.1 Å². The molecule has 4 rings (SSSR count). The molecule has 0 bridgehead atoms. The number of halogens is 1. The lowest BCUT2D eigenvalue weighted by Gasteiger charge is -2.32. The van der Waals surface area contributed by atoms with Gasteiger partial charge in [-0.3, -0.25) is 4.79 Å². The van der Waals surface area contributed by atoms with Crippen LogP contribution < -0.4 is 4.72 Å². The van der Waals surface area contributed by atoms with Crippen molar-refractivity contribution in [3.63, 3.8) is 0 Å². The number of amides is 1. The predicted octanol–water partition coefficient (Wildman–Crippen LogP) is 3.54. The molecule has 0 radical (unpaired) electrons. The molecule has 160 valence electrons. The first-order chi connectivity index (χ1) is 14.4. The monoisotopic (exact) mass is 430 g/mol. The van der Waals surface area contributed by atoms with Crippen molar-refractivity contribution in [1.29, 1.82) is 0 Å². The lowest BCUT2D eigenvalue weighted by atomic mass is 9.92. The van der Waals surface area contributed by atoms with E-state index < -0.39 is 15.8 Å². The molecule has 30 heavy (non-hydrogen) atoms. The average Bonchev–Trinajstić information content (AvgIpc) is 2.77. The SMILES string of the molecule is O=C(c1ccccc1F)N1CCC(CNS(=O)(=O)c2ccc3c(c2)CCCC3)CC1. The fourth-order valence-electron chi connectivity index (χ4n) is 4.33. The maximum atomic E-state index is 13.9. The largest absolute Gasteiger partial charge is 0.339 e. The van der Waals surface area contributed by atoms with Gasteiger partial charge in [-0.2, -0.15) is 0 Å². The van der Waals surface area contributed by atoms with E-state index in [2.05, 4.69) is 4.72 Å². The van der Waals surface area contributed by atoms with E-state index in [-0.39, 0.29) is 17.4 Å². The van der Waals surface area contributed by atoms with Gasteiger partial charge < -0.3 is 4.90 Å². The molecule has 0 aromatic heterocycles. The van der Waals surface area contributed by atoms with E-state index >= 15 is 0 Å². The van der Waals surface area contributed by atoms with Crippen molar-refractivity contribution in [3.05, 3.63) is 65.0 Å². The lowest BCUT2D eigenvalue weighted by molar-refractivity contribution is 0.0687.